The topological polar surface area (TPSA) is 46.6 Å². The maximum absolute atomic E-state index is 11.3. The zero-order valence-electron chi connectivity index (χ0n) is 11.0. The molecular weight excluding hydrogens is 230 g/mol. The van der Waals surface area contributed by atoms with Crippen LogP contribution in [0, 0.1) is 5.92 Å². The van der Waals surface area contributed by atoms with Crippen molar-refractivity contribution < 1.29 is 14.3 Å². The first-order valence-corrected chi connectivity index (χ1v) is 6.81. The first kappa shape index (κ1) is 13.1. The molecule has 1 saturated carbocycles. The minimum absolute atomic E-state index is 0.244. The summed E-state index contributed by atoms with van der Waals surface area (Å²) in [6.45, 7) is 2.67. The van der Waals surface area contributed by atoms with Crippen LogP contribution in [0.15, 0.2) is 11.3 Å². The van der Waals surface area contributed by atoms with E-state index in [2.05, 4.69) is 0 Å². The molecule has 1 aliphatic carbocycles. The number of amides is 1. The smallest absolute Gasteiger partial charge is 0.336 e. The van der Waals surface area contributed by atoms with Gasteiger partial charge in [-0.3, -0.25) is 4.79 Å². The highest BCUT2D eigenvalue weighted by Gasteiger charge is 2.25. The lowest BCUT2D eigenvalue weighted by Gasteiger charge is -2.25. The van der Waals surface area contributed by atoms with Gasteiger partial charge >= 0.3 is 5.97 Å². The van der Waals surface area contributed by atoms with E-state index in [1.54, 1.807) is 11.8 Å². The Bertz CT molecular complexity index is 356. The molecule has 0 spiro atoms. The summed E-state index contributed by atoms with van der Waals surface area (Å²) in [5.74, 6) is 0.439. The Morgan fingerprint density at radius 3 is 2.61 bits per heavy atom. The molecule has 1 aliphatic heterocycles. The molecule has 1 amide bonds. The SMILES string of the molecule is CC1=C(N(C=O)CCC2CCCCC2)COC1=O. The fourth-order valence-electron chi connectivity index (χ4n) is 2.82. The third-order valence-corrected chi connectivity index (χ3v) is 4.06. The lowest BCUT2D eigenvalue weighted by Crippen LogP contribution is -2.26. The predicted octanol–water partition coefficient (Wildman–Crippen LogP) is 2.25. The first-order chi connectivity index (χ1) is 8.72. The Balaban J connectivity index is 1.89. The van der Waals surface area contributed by atoms with E-state index in [0.717, 1.165) is 24.4 Å². The van der Waals surface area contributed by atoms with E-state index in [0.29, 0.717) is 12.1 Å². The maximum Gasteiger partial charge on any atom is 0.336 e. The van der Waals surface area contributed by atoms with Crippen LogP contribution in [0.3, 0.4) is 0 Å². The molecule has 1 heterocycles. The lowest BCUT2D eigenvalue weighted by atomic mass is 9.87. The van der Waals surface area contributed by atoms with Crippen molar-refractivity contribution in [2.75, 3.05) is 13.2 Å². The highest BCUT2D eigenvalue weighted by molar-refractivity contribution is 5.91. The van der Waals surface area contributed by atoms with Gasteiger partial charge in [-0.2, -0.15) is 0 Å². The van der Waals surface area contributed by atoms with Gasteiger partial charge in [0.1, 0.15) is 6.61 Å². The predicted molar refractivity (Wildman–Crippen MR) is 67.6 cm³/mol. The van der Waals surface area contributed by atoms with E-state index >= 15 is 0 Å². The number of rotatable bonds is 5. The van der Waals surface area contributed by atoms with Gasteiger partial charge in [-0.1, -0.05) is 32.1 Å². The van der Waals surface area contributed by atoms with Crippen molar-refractivity contribution in [3.8, 4) is 0 Å². The van der Waals surface area contributed by atoms with Gasteiger partial charge in [-0.15, -0.1) is 0 Å². The zero-order valence-corrected chi connectivity index (χ0v) is 11.0. The van der Waals surface area contributed by atoms with Gasteiger partial charge in [-0.25, -0.2) is 4.79 Å². The lowest BCUT2D eigenvalue weighted by molar-refractivity contribution is -0.136. The molecule has 4 nitrogen and oxygen atoms in total. The summed E-state index contributed by atoms with van der Waals surface area (Å²) >= 11 is 0. The molecule has 1 fully saturated rings. The molecule has 4 heteroatoms. The van der Waals surface area contributed by atoms with Gasteiger partial charge in [0.2, 0.25) is 6.41 Å². The Hall–Kier alpha value is -1.32. The highest BCUT2D eigenvalue weighted by atomic mass is 16.5. The van der Waals surface area contributed by atoms with Crippen molar-refractivity contribution in [1.82, 2.24) is 4.90 Å². The first-order valence-electron chi connectivity index (χ1n) is 6.81. The quantitative estimate of drug-likeness (QED) is 0.556. The van der Waals surface area contributed by atoms with Crippen LogP contribution in [0.1, 0.15) is 45.4 Å². The Kier molecular flexibility index (Phi) is 4.39. The van der Waals surface area contributed by atoms with Crippen LogP contribution in [0.5, 0.6) is 0 Å². The van der Waals surface area contributed by atoms with Crippen LogP contribution in [0.25, 0.3) is 0 Å². The molecule has 2 rings (SSSR count). The van der Waals surface area contributed by atoms with Crippen molar-refractivity contribution >= 4 is 12.4 Å². The Morgan fingerprint density at radius 1 is 1.33 bits per heavy atom. The summed E-state index contributed by atoms with van der Waals surface area (Å²) in [6, 6.07) is 0. The van der Waals surface area contributed by atoms with E-state index in [1.165, 1.54) is 32.1 Å². The molecule has 0 bridgehead atoms. The summed E-state index contributed by atoms with van der Waals surface area (Å²) in [7, 11) is 0. The molecule has 0 N–H and O–H groups in total. The van der Waals surface area contributed by atoms with Crippen LogP contribution in [0.2, 0.25) is 0 Å². The summed E-state index contributed by atoms with van der Waals surface area (Å²) in [5, 5.41) is 0. The average Bonchev–Trinajstić information content (AvgIpc) is 2.73. The third-order valence-electron chi connectivity index (χ3n) is 4.06. The monoisotopic (exact) mass is 251 g/mol. The van der Waals surface area contributed by atoms with Crippen molar-refractivity contribution in [2.45, 2.75) is 45.4 Å². The number of carbonyl (C=O) groups is 2. The number of ether oxygens (including phenoxy) is 1. The van der Waals surface area contributed by atoms with Gasteiger partial charge in [-0.05, 0) is 19.3 Å². The van der Waals surface area contributed by atoms with Gasteiger partial charge in [0.05, 0.1) is 11.3 Å². The molecule has 2 aliphatic rings. The summed E-state index contributed by atoms with van der Waals surface area (Å²) in [5.41, 5.74) is 1.32. The Morgan fingerprint density at radius 2 is 2.06 bits per heavy atom. The standard InChI is InChI=1S/C14H21NO3/c1-11-13(9-18-14(11)17)15(10-16)8-7-12-5-3-2-4-6-12/h10,12H,2-9H2,1H3. The van der Waals surface area contributed by atoms with E-state index in [-0.39, 0.29) is 12.6 Å². The minimum Gasteiger partial charge on any atom is -0.456 e. The molecule has 0 saturated heterocycles. The fourth-order valence-corrected chi connectivity index (χ4v) is 2.82. The van der Waals surface area contributed by atoms with Crippen molar-refractivity contribution in [3.63, 3.8) is 0 Å². The summed E-state index contributed by atoms with van der Waals surface area (Å²) in [4.78, 5) is 24.1. The number of cyclic esters (lactones) is 1. The maximum atomic E-state index is 11.3. The van der Waals surface area contributed by atoms with E-state index in [9.17, 15) is 9.59 Å². The second-order valence-corrected chi connectivity index (χ2v) is 5.24. The molecule has 0 aromatic carbocycles. The second-order valence-electron chi connectivity index (χ2n) is 5.24. The zero-order chi connectivity index (χ0) is 13.0. The number of carbonyl (C=O) groups excluding carboxylic acids is 2. The van der Waals surface area contributed by atoms with Crippen molar-refractivity contribution in [1.29, 1.82) is 0 Å². The van der Waals surface area contributed by atoms with Crippen molar-refractivity contribution in [3.05, 3.63) is 11.3 Å². The third kappa shape index (κ3) is 2.92. The largest absolute Gasteiger partial charge is 0.456 e. The molecule has 0 unspecified atom stereocenters. The van der Waals surface area contributed by atoms with E-state index in [1.807, 2.05) is 0 Å². The minimum atomic E-state index is -0.297. The van der Waals surface area contributed by atoms with E-state index < -0.39 is 0 Å². The number of nitrogens with zero attached hydrogens (tertiary/aromatic N) is 1. The van der Waals surface area contributed by atoms with Crippen LogP contribution >= 0.6 is 0 Å². The molecule has 0 aromatic heterocycles. The van der Waals surface area contributed by atoms with E-state index in [4.69, 9.17) is 4.74 Å². The van der Waals surface area contributed by atoms with Crippen LogP contribution in [-0.4, -0.2) is 30.4 Å². The Labute approximate surface area is 108 Å². The van der Waals surface area contributed by atoms with Crippen LogP contribution in [-0.2, 0) is 14.3 Å². The van der Waals surface area contributed by atoms with Crippen molar-refractivity contribution in [2.24, 2.45) is 5.92 Å². The van der Waals surface area contributed by atoms with Gasteiger partial charge in [0.15, 0.2) is 0 Å². The van der Waals surface area contributed by atoms with Gasteiger partial charge in [0.25, 0.3) is 0 Å². The number of hydrogen-bond acceptors (Lipinski definition) is 3. The molecule has 18 heavy (non-hydrogen) atoms. The number of esters is 1. The normalized spacial score (nSPS) is 21.1. The average molecular weight is 251 g/mol. The van der Waals surface area contributed by atoms with Crippen LogP contribution in [0.4, 0.5) is 0 Å². The molecule has 0 radical (unpaired) electrons. The fraction of sp³-hybridized carbons (Fsp3) is 0.714. The highest BCUT2D eigenvalue weighted by Crippen LogP contribution is 2.27. The molecule has 0 aromatic rings. The molecular formula is C14H21NO3. The molecule has 100 valence electrons. The van der Waals surface area contributed by atoms with Gasteiger partial charge in [0, 0.05) is 6.54 Å². The van der Waals surface area contributed by atoms with Crippen LogP contribution < -0.4 is 0 Å². The second kappa shape index (κ2) is 6.03. The summed E-state index contributed by atoms with van der Waals surface area (Å²) < 4.78 is 4.94. The van der Waals surface area contributed by atoms with Gasteiger partial charge < -0.3 is 9.64 Å². The molecule has 0 atom stereocenters. The summed E-state index contributed by atoms with van der Waals surface area (Å²) in [6.07, 6.45) is 8.39. The number of hydrogen-bond donors (Lipinski definition) is 0.